The SMILES string of the molecule is Cn1ccc2c(Cc3ccc(-n4cccn4)cc3)cc(C(=O)N[C@H]3CCOC[C@@H]3O)nc21. The molecule has 164 valence electrons. The molecule has 0 bridgehead atoms. The third-order valence-corrected chi connectivity index (χ3v) is 5.90. The summed E-state index contributed by atoms with van der Waals surface area (Å²) >= 11 is 0. The lowest BCUT2D eigenvalue weighted by Crippen LogP contribution is -2.48. The first kappa shape index (κ1) is 20.4. The Morgan fingerprint density at radius 1 is 1.25 bits per heavy atom. The van der Waals surface area contributed by atoms with Gasteiger partial charge in [-0.3, -0.25) is 4.79 Å². The lowest BCUT2D eigenvalue weighted by molar-refractivity contribution is -0.0261. The normalized spacial score (nSPS) is 18.7. The average Bonchev–Trinajstić information content (AvgIpc) is 3.47. The van der Waals surface area contributed by atoms with Crippen molar-refractivity contribution in [3.8, 4) is 5.69 Å². The standard InChI is InChI=1S/C24H25N5O3/c1-28-11-7-19-17(13-16-3-5-18(6-4-16)29-10-2-9-25-29)14-21(26-23(19)28)24(31)27-20-8-12-32-15-22(20)30/h2-7,9-11,14,20,22,30H,8,12-13,15H2,1H3,(H,27,31)/t20-,22-/m0/s1. The number of fused-ring (bicyclic) bond motifs is 1. The molecule has 8 nitrogen and oxygen atoms in total. The summed E-state index contributed by atoms with van der Waals surface area (Å²) in [7, 11) is 1.92. The lowest BCUT2D eigenvalue weighted by Gasteiger charge is -2.28. The van der Waals surface area contributed by atoms with Crippen LogP contribution >= 0.6 is 0 Å². The zero-order chi connectivity index (χ0) is 22.1. The van der Waals surface area contributed by atoms with Gasteiger partial charge in [0.2, 0.25) is 0 Å². The van der Waals surface area contributed by atoms with E-state index in [4.69, 9.17) is 4.74 Å². The third-order valence-electron chi connectivity index (χ3n) is 5.90. The van der Waals surface area contributed by atoms with E-state index < -0.39 is 6.10 Å². The van der Waals surface area contributed by atoms with Crippen molar-refractivity contribution < 1.29 is 14.6 Å². The van der Waals surface area contributed by atoms with Crippen LogP contribution in [0.15, 0.2) is 61.1 Å². The first-order chi connectivity index (χ1) is 15.6. The minimum atomic E-state index is -0.709. The number of pyridine rings is 1. The van der Waals surface area contributed by atoms with Gasteiger partial charge in [-0.05, 0) is 54.3 Å². The third kappa shape index (κ3) is 4.02. The van der Waals surface area contributed by atoms with Crippen LogP contribution in [0.25, 0.3) is 16.7 Å². The number of aromatic nitrogens is 4. The van der Waals surface area contributed by atoms with Crippen molar-refractivity contribution in [2.45, 2.75) is 25.0 Å². The largest absolute Gasteiger partial charge is 0.389 e. The van der Waals surface area contributed by atoms with Gasteiger partial charge in [0.15, 0.2) is 0 Å². The summed E-state index contributed by atoms with van der Waals surface area (Å²) in [6, 6.07) is 13.7. The maximum absolute atomic E-state index is 13.0. The van der Waals surface area contributed by atoms with E-state index in [1.54, 1.807) is 6.20 Å². The molecule has 32 heavy (non-hydrogen) atoms. The van der Waals surface area contributed by atoms with E-state index >= 15 is 0 Å². The highest BCUT2D eigenvalue weighted by Crippen LogP contribution is 2.23. The van der Waals surface area contributed by atoms with Crippen molar-refractivity contribution in [3.63, 3.8) is 0 Å². The molecule has 3 aromatic heterocycles. The highest BCUT2D eigenvalue weighted by atomic mass is 16.5. The van der Waals surface area contributed by atoms with Crippen LogP contribution in [0.4, 0.5) is 0 Å². The van der Waals surface area contributed by atoms with Gasteiger partial charge in [-0.25, -0.2) is 9.67 Å². The van der Waals surface area contributed by atoms with Gasteiger partial charge in [0.25, 0.3) is 5.91 Å². The molecule has 0 aliphatic carbocycles. The summed E-state index contributed by atoms with van der Waals surface area (Å²) in [6.07, 6.45) is 6.15. The Bertz CT molecular complexity index is 1230. The second-order valence-electron chi connectivity index (χ2n) is 8.14. The number of hydrogen-bond acceptors (Lipinski definition) is 5. The van der Waals surface area contributed by atoms with Gasteiger partial charge < -0.3 is 19.7 Å². The molecule has 1 saturated heterocycles. The van der Waals surface area contributed by atoms with Crippen molar-refractivity contribution in [2.24, 2.45) is 7.05 Å². The topological polar surface area (TPSA) is 94.2 Å². The van der Waals surface area contributed by atoms with Gasteiger partial charge in [-0.1, -0.05) is 12.1 Å². The van der Waals surface area contributed by atoms with Crippen LogP contribution in [0.1, 0.15) is 28.0 Å². The number of nitrogens with one attached hydrogen (secondary N) is 1. The monoisotopic (exact) mass is 431 g/mol. The Hall–Kier alpha value is -3.49. The summed E-state index contributed by atoms with van der Waals surface area (Å²) in [5.41, 5.74) is 4.26. The molecule has 0 unspecified atom stereocenters. The van der Waals surface area contributed by atoms with Crippen LogP contribution in [-0.2, 0) is 18.2 Å². The predicted octanol–water partition coefficient (Wildman–Crippen LogP) is 2.23. The maximum Gasteiger partial charge on any atom is 0.270 e. The van der Waals surface area contributed by atoms with Gasteiger partial charge in [0.05, 0.1) is 24.4 Å². The first-order valence-electron chi connectivity index (χ1n) is 10.7. The second kappa shape index (κ2) is 8.57. The zero-order valence-electron chi connectivity index (χ0n) is 17.8. The molecule has 1 aliphatic heterocycles. The first-order valence-corrected chi connectivity index (χ1v) is 10.7. The van der Waals surface area contributed by atoms with Crippen LogP contribution in [0.3, 0.4) is 0 Å². The molecular weight excluding hydrogens is 406 g/mol. The number of aryl methyl sites for hydroxylation is 1. The quantitative estimate of drug-likeness (QED) is 0.505. The number of nitrogens with zero attached hydrogens (tertiary/aromatic N) is 4. The molecule has 8 heteroatoms. The smallest absolute Gasteiger partial charge is 0.270 e. The van der Waals surface area contributed by atoms with Crippen LogP contribution in [0, 0.1) is 0 Å². The molecule has 0 spiro atoms. The van der Waals surface area contributed by atoms with E-state index in [1.807, 2.05) is 59.0 Å². The van der Waals surface area contributed by atoms with E-state index in [1.165, 1.54) is 0 Å². The van der Waals surface area contributed by atoms with Gasteiger partial charge in [-0.15, -0.1) is 0 Å². The molecule has 1 amide bonds. The van der Waals surface area contributed by atoms with Crippen LogP contribution in [0.5, 0.6) is 0 Å². The molecule has 1 aromatic carbocycles. The fourth-order valence-corrected chi connectivity index (χ4v) is 4.10. The van der Waals surface area contributed by atoms with Crippen molar-refractivity contribution in [1.82, 2.24) is 24.6 Å². The van der Waals surface area contributed by atoms with E-state index in [-0.39, 0.29) is 18.6 Å². The summed E-state index contributed by atoms with van der Waals surface area (Å²) in [5.74, 6) is -0.283. The van der Waals surface area contributed by atoms with Gasteiger partial charge >= 0.3 is 0 Å². The average molecular weight is 431 g/mol. The Morgan fingerprint density at radius 3 is 2.84 bits per heavy atom. The number of amides is 1. The van der Waals surface area contributed by atoms with Crippen LogP contribution in [-0.4, -0.2) is 55.7 Å². The molecule has 1 aliphatic rings. The highest BCUT2D eigenvalue weighted by molar-refractivity contribution is 5.95. The van der Waals surface area contributed by atoms with Crippen molar-refractivity contribution in [2.75, 3.05) is 13.2 Å². The summed E-state index contributed by atoms with van der Waals surface area (Å²) in [4.78, 5) is 17.6. The van der Waals surface area contributed by atoms with Gasteiger partial charge in [-0.2, -0.15) is 5.10 Å². The number of aliphatic hydroxyl groups excluding tert-OH is 1. The van der Waals surface area contributed by atoms with Gasteiger partial charge in [0.1, 0.15) is 11.3 Å². The molecular formula is C24H25N5O3. The van der Waals surface area contributed by atoms with Crippen LogP contribution in [0.2, 0.25) is 0 Å². The molecule has 5 rings (SSSR count). The molecule has 4 heterocycles. The minimum absolute atomic E-state index is 0.231. The van der Waals surface area contributed by atoms with Crippen LogP contribution < -0.4 is 5.32 Å². The number of hydrogen-bond donors (Lipinski definition) is 2. The molecule has 0 saturated carbocycles. The van der Waals surface area contributed by atoms with Crippen molar-refractivity contribution in [1.29, 1.82) is 0 Å². The van der Waals surface area contributed by atoms with E-state index in [9.17, 15) is 9.90 Å². The second-order valence-corrected chi connectivity index (χ2v) is 8.14. The van der Waals surface area contributed by atoms with E-state index in [0.717, 1.165) is 27.8 Å². The van der Waals surface area contributed by atoms with Crippen molar-refractivity contribution >= 4 is 16.9 Å². The van der Waals surface area contributed by atoms with E-state index in [0.29, 0.717) is 25.1 Å². The molecule has 2 N–H and O–H groups in total. The number of benzene rings is 1. The fraction of sp³-hybridized carbons (Fsp3) is 0.292. The highest BCUT2D eigenvalue weighted by Gasteiger charge is 2.26. The zero-order valence-corrected chi connectivity index (χ0v) is 17.8. The number of carbonyl (C=O) groups is 1. The Kier molecular flexibility index (Phi) is 5.46. The molecule has 0 radical (unpaired) electrons. The lowest BCUT2D eigenvalue weighted by atomic mass is 10.0. The molecule has 1 fully saturated rings. The summed E-state index contributed by atoms with van der Waals surface area (Å²) in [6.45, 7) is 0.751. The number of rotatable bonds is 5. The summed E-state index contributed by atoms with van der Waals surface area (Å²) < 4.78 is 8.99. The Balaban J connectivity index is 1.43. The number of aliphatic hydroxyl groups is 1. The maximum atomic E-state index is 13.0. The Morgan fingerprint density at radius 2 is 2.09 bits per heavy atom. The predicted molar refractivity (Wildman–Crippen MR) is 120 cm³/mol. The number of ether oxygens (including phenoxy) is 1. The van der Waals surface area contributed by atoms with E-state index in [2.05, 4.69) is 27.5 Å². The number of carbonyl (C=O) groups excluding carboxylic acids is 1. The Labute approximate surface area is 185 Å². The fourth-order valence-electron chi connectivity index (χ4n) is 4.10. The molecule has 4 aromatic rings. The minimum Gasteiger partial charge on any atom is -0.389 e. The molecule has 2 atom stereocenters. The van der Waals surface area contributed by atoms with Crippen molar-refractivity contribution in [3.05, 3.63) is 77.9 Å². The summed E-state index contributed by atoms with van der Waals surface area (Å²) in [5, 5.41) is 18.3. The van der Waals surface area contributed by atoms with Gasteiger partial charge in [0, 0.05) is 37.6 Å².